The van der Waals surface area contributed by atoms with Gasteiger partial charge < -0.3 is 10.4 Å². The van der Waals surface area contributed by atoms with Crippen LogP contribution in [0.3, 0.4) is 0 Å². The number of carbonyl (C=O) groups excluding carboxylic acids is 2. The zero-order chi connectivity index (χ0) is 15.8. The molecule has 1 aromatic rings. The monoisotopic (exact) mass is 290 g/mol. The Morgan fingerprint density at radius 1 is 1.33 bits per heavy atom. The highest BCUT2D eigenvalue weighted by Crippen LogP contribution is 2.31. The van der Waals surface area contributed by atoms with Gasteiger partial charge >= 0.3 is 12.0 Å². The Kier molecular flexibility index (Phi) is 3.72. The number of benzene rings is 1. The third-order valence-corrected chi connectivity index (χ3v) is 3.74. The van der Waals surface area contributed by atoms with E-state index in [2.05, 4.69) is 5.32 Å². The zero-order valence-corrected chi connectivity index (χ0v) is 12.3. The van der Waals surface area contributed by atoms with Crippen molar-refractivity contribution < 1.29 is 19.5 Å². The van der Waals surface area contributed by atoms with Gasteiger partial charge in [-0.25, -0.2) is 4.79 Å². The summed E-state index contributed by atoms with van der Waals surface area (Å²) in [6.45, 7) is 5.35. The first kappa shape index (κ1) is 15.0. The second kappa shape index (κ2) is 5.20. The molecule has 1 fully saturated rings. The van der Waals surface area contributed by atoms with Crippen molar-refractivity contribution in [2.45, 2.75) is 32.7 Å². The molecule has 0 saturated carbocycles. The molecule has 0 aliphatic carbocycles. The molecule has 2 rings (SSSR count). The first-order valence-electron chi connectivity index (χ1n) is 6.69. The van der Waals surface area contributed by atoms with Crippen LogP contribution in [0, 0.1) is 13.8 Å². The Balaban J connectivity index is 2.33. The molecule has 1 aliphatic heterocycles. The van der Waals surface area contributed by atoms with Gasteiger partial charge in [0.15, 0.2) is 0 Å². The van der Waals surface area contributed by atoms with Gasteiger partial charge in [0.1, 0.15) is 5.54 Å². The van der Waals surface area contributed by atoms with Crippen LogP contribution in [0.1, 0.15) is 30.0 Å². The molecule has 2 N–H and O–H groups in total. The number of aryl methyl sites for hydroxylation is 2. The molecule has 0 spiro atoms. The number of hydrogen-bond acceptors (Lipinski definition) is 3. The molecule has 21 heavy (non-hydrogen) atoms. The lowest BCUT2D eigenvalue weighted by Gasteiger charge is -2.24. The van der Waals surface area contributed by atoms with Crippen molar-refractivity contribution in [2.75, 3.05) is 6.54 Å². The highest BCUT2D eigenvalue weighted by atomic mass is 16.4. The number of imide groups is 1. The maximum atomic E-state index is 12.5. The van der Waals surface area contributed by atoms with Crippen LogP contribution in [0.4, 0.5) is 4.79 Å². The molecule has 6 nitrogen and oxygen atoms in total. The van der Waals surface area contributed by atoms with E-state index in [1.807, 2.05) is 32.0 Å². The molecular formula is C15H18N2O4. The number of rotatable bonds is 4. The van der Waals surface area contributed by atoms with Crippen molar-refractivity contribution in [1.82, 2.24) is 10.2 Å². The van der Waals surface area contributed by atoms with Crippen LogP contribution >= 0.6 is 0 Å². The minimum Gasteiger partial charge on any atom is -0.481 e. The number of amides is 3. The smallest absolute Gasteiger partial charge is 0.325 e. The van der Waals surface area contributed by atoms with Crippen LogP contribution < -0.4 is 5.32 Å². The van der Waals surface area contributed by atoms with Gasteiger partial charge in [-0.05, 0) is 31.9 Å². The lowest BCUT2D eigenvalue weighted by molar-refractivity contribution is -0.138. The van der Waals surface area contributed by atoms with Crippen molar-refractivity contribution >= 4 is 17.9 Å². The molecule has 6 heteroatoms. The van der Waals surface area contributed by atoms with E-state index in [4.69, 9.17) is 5.11 Å². The molecule has 1 atom stereocenters. The summed E-state index contributed by atoms with van der Waals surface area (Å²) in [5, 5.41) is 11.4. The second-order valence-corrected chi connectivity index (χ2v) is 5.47. The Bertz CT molecular complexity index is 626. The molecule has 1 heterocycles. The third kappa shape index (κ3) is 2.61. The van der Waals surface area contributed by atoms with E-state index in [-0.39, 0.29) is 13.0 Å². The molecular weight excluding hydrogens is 272 g/mol. The summed E-state index contributed by atoms with van der Waals surface area (Å²) < 4.78 is 0. The maximum Gasteiger partial charge on any atom is 0.325 e. The largest absolute Gasteiger partial charge is 0.481 e. The normalized spacial score (nSPS) is 21.6. The van der Waals surface area contributed by atoms with Crippen LogP contribution in [-0.4, -0.2) is 34.5 Å². The standard InChI is InChI=1S/C15H18N2O4/c1-9-4-5-11(10(2)8-9)15(3)13(20)17(14(21)16-15)7-6-12(18)19/h4-5,8H,6-7H2,1-3H3,(H,16,21)(H,18,19). The van der Waals surface area contributed by atoms with Crippen molar-refractivity contribution in [3.8, 4) is 0 Å². The van der Waals surface area contributed by atoms with Crippen LogP contribution in [0.5, 0.6) is 0 Å². The molecule has 1 aliphatic rings. The maximum absolute atomic E-state index is 12.5. The molecule has 0 aromatic heterocycles. The second-order valence-electron chi connectivity index (χ2n) is 5.47. The predicted molar refractivity (Wildman–Crippen MR) is 75.8 cm³/mol. The first-order valence-corrected chi connectivity index (χ1v) is 6.69. The van der Waals surface area contributed by atoms with Gasteiger partial charge in [0.25, 0.3) is 5.91 Å². The van der Waals surface area contributed by atoms with Crippen molar-refractivity contribution in [3.05, 3.63) is 34.9 Å². The van der Waals surface area contributed by atoms with E-state index in [0.717, 1.165) is 21.6 Å². The Hall–Kier alpha value is -2.37. The molecule has 0 bridgehead atoms. The topological polar surface area (TPSA) is 86.7 Å². The Labute approximate surface area is 122 Å². The average Bonchev–Trinajstić information content (AvgIpc) is 2.58. The lowest BCUT2D eigenvalue weighted by atomic mass is 9.87. The van der Waals surface area contributed by atoms with Gasteiger partial charge in [-0.2, -0.15) is 0 Å². The number of nitrogens with one attached hydrogen (secondary N) is 1. The number of hydrogen-bond donors (Lipinski definition) is 2. The summed E-state index contributed by atoms with van der Waals surface area (Å²) in [4.78, 5) is 36.1. The van der Waals surface area contributed by atoms with Crippen LogP contribution in [0.2, 0.25) is 0 Å². The quantitative estimate of drug-likeness (QED) is 0.824. The summed E-state index contributed by atoms with van der Waals surface area (Å²) in [6.07, 6.45) is -0.262. The fraction of sp³-hybridized carbons (Fsp3) is 0.400. The number of carboxylic acids is 1. The zero-order valence-electron chi connectivity index (χ0n) is 12.3. The highest BCUT2D eigenvalue weighted by Gasteiger charge is 2.49. The van der Waals surface area contributed by atoms with E-state index in [1.165, 1.54) is 0 Å². The van der Waals surface area contributed by atoms with Gasteiger partial charge in [-0.3, -0.25) is 14.5 Å². The Morgan fingerprint density at radius 2 is 2.00 bits per heavy atom. The van der Waals surface area contributed by atoms with E-state index in [9.17, 15) is 14.4 Å². The average molecular weight is 290 g/mol. The fourth-order valence-corrected chi connectivity index (χ4v) is 2.66. The fourth-order valence-electron chi connectivity index (χ4n) is 2.66. The van der Waals surface area contributed by atoms with Gasteiger partial charge in [0.05, 0.1) is 6.42 Å². The van der Waals surface area contributed by atoms with Crippen LogP contribution in [0.15, 0.2) is 18.2 Å². The lowest BCUT2D eigenvalue weighted by Crippen LogP contribution is -2.41. The van der Waals surface area contributed by atoms with Crippen LogP contribution in [-0.2, 0) is 15.1 Å². The molecule has 1 unspecified atom stereocenters. The molecule has 0 radical (unpaired) electrons. The summed E-state index contributed by atoms with van der Waals surface area (Å²) >= 11 is 0. The SMILES string of the molecule is Cc1ccc(C2(C)NC(=O)N(CCC(=O)O)C2=O)c(C)c1. The number of carbonyl (C=O) groups is 3. The van der Waals surface area contributed by atoms with Gasteiger partial charge in [-0.15, -0.1) is 0 Å². The summed E-state index contributed by atoms with van der Waals surface area (Å²) in [6, 6.07) is 5.10. The van der Waals surface area contributed by atoms with Crippen molar-refractivity contribution in [3.63, 3.8) is 0 Å². The van der Waals surface area contributed by atoms with Crippen LogP contribution in [0.25, 0.3) is 0 Å². The number of urea groups is 1. The van der Waals surface area contributed by atoms with E-state index < -0.39 is 23.4 Å². The highest BCUT2D eigenvalue weighted by molar-refractivity contribution is 6.07. The molecule has 3 amide bonds. The van der Waals surface area contributed by atoms with Gasteiger partial charge in [-0.1, -0.05) is 23.8 Å². The summed E-state index contributed by atoms with van der Waals surface area (Å²) in [5.41, 5.74) is 1.56. The number of carboxylic acid groups (broad SMARTS) is 1. The third-order valence-electron chi connectivity index (χ3n) is 3.74. The molecule has 1 aromatic carbocycles. The minimum absolute atomic E-state index is 0.125. The Morgan fingerprint density at radius 3 is 2.57 bits per heavy atom. The predicted octanol–water partition coefficient (Wildman–Crippen LogP) is 1.55. The van der Waals surface area contributed by atoms with Crippen molar-refractivity contribution in [1.29, 1.82) is 0 Å². The molecule has 1 saturated heterocycles. The van der Waals surface area contributed by atoms with E-state index in [1.54, 1.807) is 6.92 Å². The van der Waals surface area contributed by atoms with Gasteiger partial charge in [0.2, 0.25) is 0 Å². The number of nitrogens with zero attached hydrogens (tertiary/aromatic N) is 1. The van der Waals surface area contributed by atoms with Crippen molar-refractivity contribution in [2.24, 2.45) is 0 Å². The molecule has 112 valence electrons. The number of aliphatic carboxylic acids is 1. The first-order chi connectivity index (χ1) is 9.75. The minimum atomic E-state index is -1.15. The van der Waals surface area contributed by atoms with E-state index in [0.29, 0.717) is 0 Å². The summed E-state index contributed by atoms with van der Waals surface area (Å²) in [7, 11) is 0. The van der Waals surface area contributed by atoms with Gasteiger partial charge in [0, 0.05) is 6.54 Å². The summed E-state index contributed by atoms with van der Waals surface area (Å²) in [5.74, 6) is -1.46. The van der Waals surface area contributed by atoms with E-state index >= 15 is 0 Å².